The van der Waals surface area contributed by atoms with Crippen molar-refractivity contribution in [2.75, 3.05) is 13.1 Å². The molecule has 0 spiro atoms. The van der Waals surface area contributed by atoms with E-state index in [4.69, 9.17) is 0 Å². The molecule has 19 heavy (non-hydrogen) atoms. The summed E-state index contributed by atoms with van der Waals surface area (Å²) in [7, 11) is 0. The van der Waals surface area contributed by atoms with E-state index in [2.05, 4.69) is 16.4 Å². The Morgan fingerprint density at radius 2 is 2.00 bits per heavy atom. The molecule has 2 nitrogen and oxygen atoms in total. The molecule has 5 heteroatoms. The maximum absolute atomic E-state index is 12.6. The molecule has 0 amide bonds. The van der Waals surface area contributed by atoms with Gasteiger partial charge in [0.2, 0.25) is 0 Å². The second-order valence-corrected chi connectivity index (χ2v) is 4.64. The fourth-order valence-corrected chi connectivity index (χ4v) is 2.44. The van der Waals surface area contributed by atoms with Gasteiger partial charge in [-0.25, -0.2) is 0 Å². The molecule has 0 aliphatic carbocycles. The summed E-state index contributed by atoms with van der Waals surface area (Å²) in [6.45, 7) is 1.71. The molecule has 2 aromatic rings. The highest BCUT2D eigenvalue weighted by molar-refractivity contribution is 5.93. The molecule has 0 saturated carbocycles. The van der Waals surface area contributed by atoms with Crippen LogP contribution in [0.4, 0.5) is 13.2 Å². The van der Waals surface area contributed by atoms with Crippen molar-refractivity contribution in [3.8, 4) is 0 Å². The van der Waals surface area contributed by atoms with Crippen LogP contribution in [0.3, 0.4) is 0 Å². The summed E-state index contributed by atoms with van der Waals surface area (Å²) in [6, 6.07) is 3.86. The van der Waals surface area contributed by atoms with Crippen molar-refractivity contribution in [2.24, 2.45) is 0 Å². The summed E-state index contributed by atoms with van der Waals surface area (Å²) in [5.41, 5.74) is 2.10. The summed E-state index contributed by atoms with van der Waals surface area (Å²) in [4.78, 5) is 2.94. The van der Waals surface area contributed by atoms with E-state index in [1.807, 2.05) is 0 Å². The molecule has 0 radical (unpaired) electrons. The van der Waals surface area contributed by atoms with E-state index in [1.165, 1.54) is 11.6 Å². The Kier molecular flexibility index (Phi) is 2.86. The molecule has 0 saturated heterocycles. The molecule has 0 unspecified atom stereocenters. The fraction of sp³-hybridized carbons (Fsp3) is 0.286. The van der Waals surface area contributed by atoms with Gasteiger partial charge in [0.05, 0.1) is 5.56 Å². The first-order valence-corrected chi connectivity index (χ1v) is 6.14. The van der Waals surface area contributed by atoms with Gasteiger partial charge in [-0.05, 0) is 30.7 Å². The molecule has 100 valence electrons. The SMILES string of the molecule is FC(F)(F)c1ccc2c(C3=CCNCC3)c[nH]c2c1. The van der Waals surface area contributed by atoms with Crippen LogP contribution in [0.15, 0.2) is 30.5 Å². The summed E-state index contributed by atoms with van der Waals surface area (Å²) in [6.07, 6.45) is 0.479. The lowest BCUT2D eigenvalue weighted by Gasteiger charge is -2.13. The fourth-order valence-electron chi connectivity index (χ4n) is 2.44. The third kappa shape index (κ3) is 2.26. The number of halogens is 3. The van der Waals surface area contributed by atoms with Crippen molar-refractivity contribution < 1.29 is 13.2 Å². The van der Waals surface area contributed by atoms with Crippen molar-refractivity contribution in [1.29, 1.82) is 0 Å². The number of alkyl halides is 3. The zero-order valence-electron chi connectivity index (χ0n) is 10.1. The minimum absolute atomic E-state index is 0.532. The number of H-pyrrole nitrogens is 1. The second kappa shape index (κ2) is 4.42. The number of aromatic nitrogens is 1. The van der Waals surface area contributed by atoms with Crippen molar-refractivity contribution in [3.63, 3.8) is 0 Å². The summed E-state index contributed by atoms with van der Waals surface area (Å²) < 4.78 is 37.9. The number of rotatable bonds is 1. The third-order valence-corrected chi connectivity index (χ3v) is 3.42. The van der Waals surface area contributed by atoms with Gasteiger partial charge in [-0.2, -0.15) is 13.2 Å². The predicted molar refractivity (Wildman–Crippen MR) is 68.8 cm³/mol. The van der Waals surface area contributed by atoms with Crippen LogP contribution in [0.5, 0.6) is 0 Å². The number of benzene rings is 1. The molecular formula is C14H13F3N2. The van der Waals surface area contributed by atoms with Gasteiger partial charge in [0.1, 0.15) is 0 Å². The van der Waals surface area contributed by atoms with Gasteiger partial charge in [0.15, 0.2) is 0 Å². The molecule has 0 bridgehead atoms. The zero-order valence-corrected chi connectivity index (χ0v) is 10.1. The van der Waals surface area contributed by atoms with Crippen molar-refractivity contribution >= 4 is 16.5 Å². The van der Waals surface area contributed by atoms with E-state index in [-0.39, 0.29) is 0 Å². The molecule has 1 aliphatic rings. The summed E-state index contributed by atoms with van der Waals surface area (Å²) in [5, 5.41) is 4.07. The maximum Gasteiger partial charge on any atom is 0.416 e. The Balaban J connectivity index is 2.07. The highest BCUT2D eigenvalue weighted by Gasteiger charge is 2.30. The third-order valence-electron chi connectivity index (χ3n) is 3.42. The predicted octanol–water partition coefficient (Wildman–Crippen LogP) is 3.56. The van der Waals surface area contributed by atoms with Crippen LogP contribution in [-0.2, 0) is 6.18 Å². The molecule has 3 rings (SSSR count). The number of hydrogen-bond donors (Lipinski definition) is 2. The quantitative estimate of drug-likeness (QED) is 0.811. The van der Waals surface area contributed by atoms with Gasteiger partial charge >= 0.3 is 6.18 Å². The van der Waals surface area contributed by atoms with Crippen LogP contribution in [0, 0.1) is 0 Å². The second-order valence-electron chi connectivity index (χ2n) is 4.64. The van der Waals surface area contributed by atoms with Crippen molar-refractivity contribution in [1.82, 2.24) is 10.3 Å². The van der Waals surface area contributed by atoms with Gasteiger partial charge in [0.25, 0.3) is 0 Å². The van der Waals surface area contributed by atoms with E-state index < -0.39 is 11.7 Å². The first-order chi connectivity index (χ1) is 9.05. The minimum atomic E-state index is -4.30. The molecule has 0 atom stereocenters. The Hall–Kier alpha value is -1.75. The minimum Gasteiger partial charge on any atom is -0.361 e. The Labute approximate surface area is 108 Å². The van der Waals surface area contributed by atoms with Gasteiger partial charge in [-0.1, -0.05) is 12.1 Å². The van der Waals surface area contributed by atoms with E-state index in [0.717, 1.165) is 36.5 Å². The van der Waals surface area contributed by atoms with E-state index in [1.54, 1.807) is 12.3 Å². The number of fused-ring (bicyclic) bond motifs is 1. The van der Waals surface area contributed by atoms with Gasteiger partial charge < -0.3 is 10.3 Å². The maximum atomic E-state index is 12.6. The monoisotopic (exact) mass is 266 g/mol. The Morgan fingerprint density at radius 1 is 1.16 bits per heavy atom. The smallest absolute Gasteiger partial charge is 0.361 e. The van der Waals surface area contributed by atoms with E-state index >= 15 is 0 Å². The van der Waals surface area contributed by atoms with Crippen molar-refractivity contribution in [3.05, 3.63) is 41.6 Å². The summed E-state index contributed by atoms with van der Waals surface area (Å²) >= 11 is 0. The number of nitrogens with one attached hydrogen (secondary N) is 2. The van der Waals surface area contributed by atoms with Gasteiger partial charge in [0, 0.05) is 29.2 Å². The molecule has 0 fully saturated rings. The average Bonchev–Trinajstić information content (AvgIpc) is 2.81. The molecular weight excluding hydrogens is 253 g/mol. The molecule has 2 N–H and O–H groups in total. The molecule has 2 heterocycles. The molecule has 1 aliphatic heterocycles. The van der Waals surface area contributed by atoms with Crippen LogP contribution < -0.4 is 5.32 Å². The Morgan fingerprint density at radius 3 is 2.68 bits per heavy atom. The largest absolute Gasteiger partial charge is 0.416 e. The lowest BCUT2D eigenvalue weighted by atomic mass is 9.99. The standard InChI is InChI=1S/C14H13F3N2/c15-14(16,17)10-1-2-11-12(8-19-13(11)7-10)9-3-5-18-6-4-9/h1-3,7-8,18-19H,4-6H2. The first-order valence-electron chi connectivity index (χ1n) is 6.14. The summed E-state index contributed by atoms with van der Waals surface area (Å²) in [5.74, 6) is 0. The topological polar surface area (TPSA) is 27.8 Å². The average molecular weight is 266 g/mol. The van der Waals surface area contributed by atoms with Crippen molar-refractivity contribution in [2.45, 2.75) is 12.6 Å². The number of aromatic amines is 1. The normalized spacial score (nSPS) is 16.7. The van der Waals surface area contributed by atoms with Crippen LogP contribution >= 0.6 is 0 Å². The zero-order chi connectivity index (χ0) is 13.5. The Bertz CT molecular complexity index is 638. The highest BCUT2D eigenvalue weighted by atomic mass is 19.4. The lowest BCUT2D eigenvalue weighted by Crippen LogP contribution is -2.19. The van der Waals surface area contributed by atoms with Crippen LogP contribution in [-0.4, -0.2) is 18.1 Å². The molecule has 1 aromatic heterocycles. The van der Waals surface area contributed by atoms with E-state index in [0.29, 0.717) is 5.52 Å². The lowest BCUT2D eigenvalue weighted by molar-refractivity contribution is -0.137. The van der Waals surface area contributed by atoms with Crippen LogP contribution in [0.25, 0.3) is 16.5 Å². The molecule has 1 aromatic carbocycles. The van der Waals surface area contributed by atoms with Gasteiger partial charge in [-0.15, -0.1) is 0 Å². The van der Waals surface area contributed by atoms with Gasteiger partial charge in [-0.3, -0.25) is 0 Å². The van der Waals surface area contributed by atoms with Crippen LogP contribution in [0.1, 0.15) is 17.5 Å². The van der Waals surface area contributed by atoms with Crippen LogP contribution in [0.2, 0.25) is 0 Å². The van der Waals surface area contributed by atoms with E-state index in [9.17, 15) is 13.2 Å². The number of hydrogen-bond acceptors (Lipinski definition) is 1. The first kappa shape index (κ1) is 12.3. The highest BCUT2D eigenvalue weighted by Crippen LogP contribution is 2.34.